The van der Waals surface area contributed by atoms with Crippen LogP contribution in [0.15, 0.2) is 126 Å². The third-order valence-corrected chi connectivity index (χ3v) is 14.7. The molecular weight excluding hydrogens is 996 g/mol. The molecule has 1 aliphatic rings. The summed E-state index contributed by atoms with van der Waals surface area (Å²) in [4.78, 5) is 9.59. The summed E-state index contributed by atoms with van der Waals surface area (Å²) >= 11 is 0. The number of fused-ring (bicyclic) bond motifs is 8. The van der Waals surface area contributed by atoms with Crippen LogP contribution in [0, 0.1) is 18.8 Å². The number of anilines is 4. The summed E-state index contributed by atoms with van der Waals surface area (Å²) in [6.45, 7) is 29.8. The van der Waals surface area contributed by atoms with E-state index in [1.165, 1.54) is 21.9 Å². The third-order valence-electron chi connectivity index (χ3n) is 12.7. The van der Waals surface area contributed by atoms with Crippen LogP contribution in [-0.2, 0) is 37.3 Å². The molecule has 0 aliphatic carbocycles. The van der Waals surface area contributed by atoms with Crippen LogP contribution >= 0.6 is 0 Å². The Morgan fingerprint density at radius 2 is 1.29 bits per heavy atom. The molecule has 4 heterocycles. The molecule has 0 bridgehead atoms. The molecule has 0 saturated heterocycles. The number of furan rings is 1. The Balaban J connectivity index is 0.00000533. The normalized spacial score (nSPS) is 13.6. The first kappa shape index (κ1) is 44.6. The van der Waals surface area contributed by atoms with Crippen molar-refractivity contribution in [3.63, 3.8) is 0 Å². The second kappa shape index (κ2) is 15.8. The van der Waals surface area contributed by atoms with E-state index in [4.69, 9.17) is 14.1 Å². The zero-order chi connectivity index (χ0) is 45.1. The molecule has 334 valence electrons. The average Bonchev–Trinajstić information content (AvgIpc) is 3.91. The Hall–Kier alpha value is -5.62. The maximum atomic E-state index is 6.92. The minimum Gasteiger partial charge on any atom is -0.509 e. The standard InChI is InChI=1S/C57H57N4O2Si.Pt/c1-55(2,3)37-25-26-58-51(30-37)61-49-34-42(22-23-46(49)54-53(61)52-45-18-14-13-17-36(45)21-24-50(52)63-54)62-43-31-41(32-44(33-43)64(10,11)12)60-35-59(47-19-15-16-20-48(47)60)40-28-38(56(4,5)6)27-39(29-40)57(7,8)9;/h13-30,32-33,35H,1-12H3;/q-3;. The molecule has 0 radical (unpaired) electrons. The van der Waals surface area contributed by atoms with Gasteiger partial charge in [0.1, 0.15) is 17.0 Å². The number of ether oxygens (including phenoxy) is 1. The van der Waals surface area contributed by atoms with Gasteiger partial charge in [0.05, 0.1) is 19.0 Å². The maximum Gasteiger partial charge on any atom is 0.136 e. The average molecular weight is 1050 g/mol. The number of hydrogen-bond donors (Lipinski definition) is 0. The van der Waals surface area contributed by atoms with Crippen LogP contribution in [0.3, 0.4) is 0 Å². The van der Waals surface area contributed by atoms with Crippen LogP contribution in [-0.4, -0.2) is 17.6 Å². The number of nitrogens with zero attached hydrogens (tertiary/aromatic N) is 4. The van der Waals surface area contributed by atoms with Crippen LogP contribution in [0.4, 0.5) is 22.7 Å². The molecule has 10 rings (SSSR count). The first-order valence-electron chi connectivity index (χ1n) is 22.4. The number of para-hydroxylation sites is 2. The van der Waals surface area contributed by atoms with Gasteiger partial charge in [0, 0.05) is 55.8 Å². The molecule has 8 heteroatoms. The van der Waals surface area contributed by atoms with Crippen LogP contribution in [0.5, 0.6) is 11.5 Å². The molecule has 0 saturated carbocycles. The summed E-state index contributed by atoms with van der Waals surface area (Å²) in [7, 11) is -1.86. The van der Waals surface area contributed by atoms with Crippen LogP contribution < -0.4 is 19.7 Å². The molecular formula is C57H57N4O2PtSi-3. The van der Waals surface area contributed by atoms with Gasteiger partial charge in [-0.15, -0.1) is 36.6 Å². The van der Waals surface area contributed by atoms with Crippen molar-refractivity contribution in [2.75, 3.05) is 9.80 Å². The molecule has 0 fully saturated rings. The van der Waals surface area contributed by atoms with E-state index in [9.17, 15) is 0 Å². The van der Waals surface area contributed by atoms with Gasteiger partial charge in [-0.25, -0.2) is 4.98 Å². The topological polar surface area (TPSA) is 46.7 Å². The smallest absolute Gasteiger partial charge is 0.136 e. The van der Waals surface area contributed by atoms with E-state index < -0.39 is 8.07 Å². The van der Waals surface area contributed by atoms with Gasteiger partial charge in [0.25, 0.3) is 0 Å². The van der Waals surface area contributed by atoms with E-state index in [-0.39, 0.29) is 37.3 Å². The van der Waals surface area contributed by atoms with E-state index in [0.29, 0.717) is 11.5 Å². The van der Waals surface area contributed by atoms with E-state index in [1.807, 2.05) is 12.3 Å². The van der Waals surface area contributed by atoms with Crippen LogP contribution in [0.1, 0.15) is 79.0 Å². The monoisotopic (exact) mass is 1050 g/mol. The van der Waals surface area contributed by atoms with Crippen LogP contribution in [0.2, 0.25) is 19.6 Å². The van der Waals surface area contributed by atoms with Crippen molar-refractivity contribution >= 4 is 79.8 Å². The van der Waals surface area contributed by atoms with Crippen molar-refractivity contribution in [2.45, 2.75) is 98.2 Å². The zero-order valence-corrected chi connectivity index (χ0v) is 42.8. The summed E-state index contributed by atoms with van der Waals surface area (Å²) in [5.74, 6) is 2.04. The molecule has 6 nitrogen and oxygen atoms in total. The maximum absolute atomic E-state index is 6.92. The molecule has 0 atom stereocenters. The predicted molar refractivity (Wildman–Crippen MR) is 271 cm³/mol. The zero-order valence-electron chi connectivity index (χ0n) is 39.5. The Morgan fingerprint density at radius 3 is 1.97 bits per heavy atom. The van der Waals surface area contributed by atoms with Gasteiger partial charge in [0.15, 0.2) is 0 Å². The quantitative estimate of drug-likeness (QED) is 0.123. The van der Waals surface area contributed by atoms with E-state index in [2.05, 4.69) is 224 Å². The molecule has 0 unspecified atom stereocenters. The second-order valence-electron chi connectivity index (χ2n) is 21.6. The van der Waals surface area contributed by atoms with Crippen molar-refractivity contribution in [3.8, 4) is 17.3 Å². The minimum atomic E-state index is -1.86. The summed E-state index contributed by atoms with van der Waals surface area (Å²) in [5, 5.41) is 5.56. The summed E-state index contributed by atoms with van der Waals surface area (Å²) < 4.78 is 15.9. The SMILES string of the molecule is CC(C)(C)c1cc(N2[CH-]N(c3[c-]c(Oc4[c-]c5c(cc4)c4oc6ccc7ccccc7c6c4n5-c4cc(C(C)(C)C)ccn4)cc([Si](C)(C)C)c3)c3ccccc32)cc(C(C)(C)C)c1.[Pt]. The van der Waals surface area contributed by atoms with Gasteiger partial charge < -0.3 is 23.5 Å². The first-order valence-corrected chi connectivity index (χ1v) is 25.9. The fourth-order valence-corrected chi connectivity index (χ4v) is 10.0. The van der Waals surface area contributed by atoms with Gasteiger partial charge in [-0.05, 0) is 86.2 Å². The number of benzene rings is 6. The Bertz CT molecular complexity index is 3270. The molecule has 0 amide bonds. The minimum absolute atomic E-state index is 0. The van der Waals surface area contributed by atoms with E-state index in [1.54, 1.807) is 0 Å². The van der Waals surface area contributed by atoms with E-state index >= 15 is 0 Å². The summed E-state index contributed by atoms with van der Waals surface area (Å²) in [6.07, 6.45) is 1.91. The van der Waals surface area contributed by atoms with Crippen molar-refractivity contribution in [2.24, 2.45) is 0 Å². The van der Waals surface area contributed by atoms with Gasteiger partial charge in [-0.2, -0.15) is 17.3 Å². The second-order valence-corrected chi connectivity index (χ2v) is 26.7. The number of pyridine rings is 1. The van der Waals surface area contributed by atoms with Crippen molar-refractivity contribution in [1.29, 1.82) is 0 Å². The van der Waals surface area contributed by atoms with Gasteiger partial charge in [0.2, 0.25) is 0 Å². The number of rotatable bonds is 6. The fourth-order valence-electron chi connectivity index (χ4n) is 8.87. The van der Waals surface area contributed by atoms with E-state index in [0.717, 1.165) is 72.3 Å². The Kier molecular flexibility index (Phi) is 10.8. The Labute approximate surface area is 399 Å². The van der Waals surface area contributed by atoms with Gasteiger partial charge in [-0.3, -0.25) is 0 Å². The van der Waals surface area contributed by atoms with Gasteiger partial charge >= 0.3 is 0 Å². The molecule has 6 aromatic carbocycles. The predicted octanol–water partition coefficient (Wildman–Crippen LogP) is 15.3. The third kappa shape index (κ3) is 7.99. The molecule has 65 heavy (non-hydrogen) atoms. The van der Waals surface area contributed by atoms with Gasteiger partial charge in [-0.1, -0.05) is 141 Å². The largest absolute Gasteiger partial charge is 0.509 e. The first-order chi connectivity index (χ1) is 30.2. The fraction of sp³-hybridized carbons (Fsp3) is 0.263. The van der Waals surface area contributed by atoms with Crippen LogP contribution in [0.25, 0.3) is 49.6 Å². The number of hydrogen-bond acceptors (Lipinski definition) is 5. The van der Waals surface area contributed by atoms with Crippen molar-refractivity contribution < 1.29 is 30.2 Å². The summed E-state index contributed by atoms with van der Waals surface area (Å²) in [5.41, 5.74) is 11.5. The number of aromatic nitrogens is 2. The molecule has 0 spiro atoms. The molecule has 9 aromatic rings. The Morgan fingerprint density at radius 1 is 0.631 bits per heavy atom. The van der Waals surface area contributed by atoms with Crippen molar-refractivity contribution in [3.05, 3.63) is 157 Å². The molecule has 0 N–H and O–H groups in total. The summed E-state index contributed by atoms with van der Waals surface area (Å²) in [6, 6.07) is 48.7. The molecule has 1 aliphatic heterocycles. The van der Waals surface area contributed by atoms with Crippen molar-refractivity contribution in [1.82, 2.24) is 9.55 Å². The molecule has 3 aromatic heterocycles.